The normalized spacial score (nSPS) is 14.2. The molecule has 0 saturated heterocycles. The maximum absolute atomic E-state index is 12.1. The molecule has 0 unspecified atom stereocenters. The lowest BCUT2D eigenvalue weighted by Crippen LogP contribution is -2.30. The minimum atomic E-state index is -0.280. The highest BCUT2D eigenvalue weighted by molar-refractivity contribution is 7.13. The second-order valence-corrected chi connectivity index (χ2v) is 6.37. The minimum Gasteiger partial charge on any atom is -0.300 e. The molecule has 0 aliphatic heterocycles. The van der Waals surface area contributed by atoms with Crippen molar-refractivity contribution in [3.63, 3.8) is 0 Å². The zero-order valence-electron chi connectivity index (χ0n) is 12.5. The predicted molar refractivity (Wildman–Crippen MR) is 85.2 cm³/mol. The van der Waals surface area contributed by atoms with Gasteiger partial charge in [0, 0.05) is 11.4 Å². The van der Waals surface area contributed by atoms with E-state index < -0.39 is 0 Å². The average molecular weight is 318 g/mol. The molecule has 0 bridgehead atoms. The van der Waals surface area contributed by atoms with Gasteiger partial charge in [-0.1, -0.05) is 6.42 Å². The van der Waals surface area contributed by atoms with E-state index in [1.54, 1.807) is 6.07 Å². The molecule has 0 atom stereocenters. The molecular formula is C15H18N4O2S. The molecule has 1 aliphatic carbocycles. The van der Waals surface area contributed by atoms with Crippen LogP contribution in [0, 0.1) is 6.92 Å². The average Bonchev–Trinajstić information content (AvgIpc) is 2.74. The number of nitrogens with zero attached hydrogens (tertiary/aromatic N) is 3. The number of carbonyl (C=O) groups is 1. The van der Waals surface area contributed by atoms with Gasteiger partial charge in [0.15, 0.2) is 5.13 Å². The number of hydrogen-bond donors (Lipinski definition) is 1. The van der Waals surface area contributed by atoms with Crippen LogP contribution in [0.2, 0.25) is 0 Å². The van der Waals surface area contributed by atoms with Crippen LogP contribution in [0.4, 0.5) is 5.13 Å². The number of fused-ring (bicyclic) bond motifs is 1. The lowest BCUT2D eigenvalue weighted by Gasteiger charge is -2.09. The van der Waals surface area contributed by atoms with Gasteiger partial charge < -0.3 is 5.32 Å². The van der Waals surface area contributed by atoms with E-state index >= 15 is 0 Å². The van der Waals surface area contributed by atoms with Crippen LogP contribution in [0.25, 0.3) is 0 Å². The van der Waals surface area contributed by atoms with E-state index in [-0.39, 0.29) is 18.0 Å². The minimum absolute atomic E-state index is 0.0786. The summed E-state index contributed by atoms with van der Waals surface area (Å²) in [6, 6.07) is 1.63. The fourth-order valence-corrected chi connectivity index (χ4v) is 3.30. The summed E-state index contributed by atoms with van der Waals surface area (Å²) in [6.45, 7) is 1.79. The summed E-state index contributed by atoms with van der Waals surface area (Å²) in [5.74, 6) is -0.280. The van der Waals surface area contributed by atoms with Crippen LogP contribution in [-0.2, 0) is 24.2 Å². The Bertz CT molecular complexity index is 750. The molecule has 0 radical (unpaired) electrons. The summed E-state index contributed by atoms with van der Waals surface area (Å²) < 4.78 is 1.25. The first-order valence-electron chi connectivity index (χ1n) is 7.44. The number of carbonyl (C=O) groups excluding carboxylic acids is 1. The number of anilines is 1. The van der Waals surface area contributed by atoms with Gasteiger partial charge in [-0.05, 0) is 38.2 Å². The van der Waals surface area contributed by atoms with Crippen LogP contribution in [0.15, 0.2) is 16.2 Å². The fourth-order valence-electron chi connectivity index (χ4n) is 2.60. The number of nitrogens with one attached hydrogen (secondary N) is 1. The van der Waals surface area contributed by atoms with Crippen molar-refractivity contribution in [1.82, 2.24) is 14.8 Å². The number of aryl methyl sites for hydroxylation is 3. The predicted octanol–water partition coefficient (Wildman–Crippen LogP) is 1.92. The molecule has 0 saturated carbocycles. The zero-order valence-corrected chi connectivity index (χ0v) is 13.3. The van der Waals surface area contributed by atoms with E-state index in [9.17, 15) is 9.59 Å². The first-order chi connectivity index (χ1) is 10.6. The molecule has 7 heteroatoms. The molecule has 2 heterocycles. The highest BCUT2D eigenvalue weighted by atomic mass is 32.1. The van der Waals surface area contributed by atoms with E-state index in [2.05, 4.69) is 15.4 Å². The molecule has 3 rings (SSSR count). The van der Waals surface area contributed by atoms with E-state index in [0.717, 1.165) is 49.1 Å². The van der Waals surface area contributed by atoms with Gasteiger partial charge in [0.2, 0.25) is 5.91 Å². The van der Waals surface area contributed by atoms with E-state index in [0.29, 0.717) is 5.13 Å². The first kappa shape index (κ1) is 14.9. The topological polar surface area (TPSA) is 76.9 Å². The Hall–Kier alpha value is -2.02. The molecule has 116 valence electrons. The number of rotatable bonds is 3. The quantitative estimate of drug-likeness (QED) is 0.877. The first-order valence-corrected chi connectivity index (χ1v) is 8.32. The number of thiazole rings is 1. The third-order valence-electron chi connectivity index (χ3n) is 3.68. The molecule has 6 nitrogen and oxygen atoms in total. The van der Waals surface area contributed by atoms with Crippen LogP contribution in [-0.4, -0.2) is 20.7 Å². The van der Waals surface area contributed by atoms with E-state index in [1.165, 1.54) is 16.0 Å². The summed E-state index contributed by atoms with van der Waals surface area (Å²) in [5.41, 5.74) is 2.64. The molecule has 0 fully saturated rings. The highest BCUT2D eigenvalue weighted by Gasteiger charge is 2.14. The third-order valence-corrected chi connectivity index (χ3v) is 4.56. The summed E-state index contributed by atoms with van der Waals surface area (Å²) in [5, 5.41) is 9.50. The van der Waals surface area contributed by atoms with Gasteiger partial charge in [-0.15, -0.1) is 11.3 Å². The number of hydrogen-bond acceptors (Lipinski definition) is 5. The zero-order chi connectivity index (χ0) is 15.5. The molecule has 1 amide bonds. The Morgan fingerprint density at radius 2 is 2.18 bits per heavy atom. The lowest BCUT2D eigenvalue weighted by atomic mass is 10.1. The maximum atomic E-state index is 12.1. The second kappa shape index (κ2) is 6.39. The van der Waals surface area contributed by atoms with Gasteiger partial charge in [-0.2, -0.15) is 5.10 Å². The van der Waals surface area contributed by atoms with Crippen molar-refractivity contribution in [2.75, 3.05) is 5.32 Å². The van der Waals surface area contributed by atoms with Crippen molar-refractivity contribution in [3.05, 3.63) is 38.8 Å². The Labute approximate surface area is 132 Å². The number of aromatic nitrogens is 3. The number of amides is 1. The Morgan fingerprint density at radius 1 is 1.36 bits per heavy atom. The van der Waals surface area contributed by atoms with Crippen molar-refractivity contribution in [2.45, 2.75) is 45.6 Å². The third kappa shape index (κ3) is 3.41. The second-order valence-electron chi connectivity index (χ2n) is 5.52. The SMILES string of the molecule is Cc1csc(NC(=O)Cn2nc3c(cc2=O)CCCCC3)n1. The summed E-state index contributed by atoms with van der Waals surface area (Å²) in [7, 11) is 0. The molecule has 0 aromatic carbocycles. The van der Waals surface area contributed by atoms with Crippen LogP contribution in [0.3, 0.4) is 0 Å². The van der Waals surface area contributed by atoms with Crippen LogP contribution in [0.1, 0.15) is 36.2 Å². The van der Waals surface area contributed by atoms with E-state index in [1.807, 2.05) is 12.3 Å². The van der Waals surface area contributed by atoms with Gasteiger partial charge in [-0.3, -0.25) is 9.59 Å². The summed E-state index contributed by atoms with van der Waals surface area (Å²) >= 11 is 1.37. The Morgan fingerprint density at radius 3 is 2.95 bits per heavy atom. The van der Waals surface area contributed by atoms with Gasteiger partial charge >= 0.3 is 0 Å². The van der Waals surface area contributed by atoms with Crippen molar-refractivity contribution in [1.29, 1.82) is 0 Å². The molecule has 2 aromatic rings. The summed E-state index contributed by atoms with van der Waals surface area (Å²) in [4.78, 5) is 28.3. The summed E-state index contributed by atoms with van der Waals surface area (Å²) in [6.07, 6.45) is 5.13. The standard InChI is InChI=1S/C15H18N4O2S/c1-10-9-22-15(16-10)17-13(20)8-19-14(21)7-11-5-3-2-4-6-12(11)18-19/h7,9H,2-6,8H2,1H3,(H,16,17,20). The Balaban J connectivity index is 1.75. The fraction of sp³-hybridized carbons (Fsp3) is 0.467. The molecule has 1 N–H and O–H groups in total. The van der Waals surface area contributed by atoms with Gasteiger partial charge in [0.25, 0.3) is 5.56 Å². The molecule has 22 heavy (non-hydrogen) atoms. The van der Waals surface area contributed by atoms with Gasteiger partial charge in [0.05, 0.1) is 11.4 Å². The van der Waals surface area contributed by atoms with Crippen LogP contribution < -0.4 is 10.9 Å². The van der Waals surface area contributed by atoms with Crippen molar-refractivity contribution >= 4 is 22.4 Å². The molecule has 0 spiro atoms. The smallest absolute Gasteiger partial charge is 0.267 e. The molecule has 1 aliphatic rings. The highest BCUT2D eigenvalue weighted by Crippen LogP contribution is 2.17. The largest absolute Gasteiger partial charge is 0.300 e. The van der Waals surface area contributed by atoms with Crippen molar-refractivity contribution in [2.24, 2.45) is 0 Å². The Kier molecular flexibility index (Phi) is 4.33. The van der Waals surface area contributed by atoms with Gasteiger partial charge in [-0.25, -0.2) is 9.67 Å². The van der Waals surface area contributed by atoms with Crippen molar-refractivity contribution in [3.8, 4) is 0 Å². The van der Waals surface area contributed by atoms with Crippen molar-refractivity contribution < 1.29 is 4.79 Å². The lowest BCUT2D eigenvalue weighted by molar-refractivity contribution is -0.117. The van der Waals surface area contributed by atoms with Gasteiger partial charge in [0.1, 0.15) is 6.54 Å². The molecular weight excluding hydrogens is 300 g/mol. The van der Waals surface area contributed by atoms with Crippen LogP contribution >= 0.6 is 11.3 Å². The maximum Gasteiger partial charge on any atom is 0.267 e. The monoisotopic (exact) mass is 318 g/mol. The molecule has 2 aromatic heterocycles. The van der Waals surface area contributed by atoms with E-state index in [4.69, 9.17) is 0 Å². The van der Waals surface area contributed by atoms with Crippen LogP contribution in [0.5, 0.6) is 0 Å².